The molecule has 8 rings (SSSR count). The van der Waals surface area contributed by atoms with Gasteiger partial charge in [0.15, 0.2) is 0 Å². The number of likely N-dealkylation sites (tertiary alicyclic amines) is 3. The highest BCUT2D eigenvalue weighted by Gasteiger charge is 2.24. The van der Waals surface area contributed by atoms with Crippen molar-refractivity contribution in [2.24, 2.45) is 5.92 Å². The maximum absolute atomic E-state index is 3.28. The molecule has 8 aliphatic rings. The summed E-state index contributed by atoms with van der Waals surface area (Å²) >= 11 is 0. The van der Waals surface area contributed by atoms with Gasteiger partial charge in [0.2, 0.25) is 0 Å². The van der Waals surface area contributed by atoms with Gasteiger partial charge in [0, 0.05) is 18.1 Å². The molecule has 8 heterocycles. The van der Waals surface area contributed by atoms with Crippen molar-refractivity contribution < 1.29 is 0 Å². The number of hydrogen-bond acceptors (Lipinski definition) is 9. The Hall–Kier alpha value is -0.360. The molecule has 334 valence electrons. The number of fused-ring (bicyclic) bond motifs is 3. The van der Waals surface area contributed by atoms with E-state index in [4.69, 9.17) is 0 Å². The number of hydrogen-bond donors (Lipinski definition) is 5. The molecular formula is C46H105N9. The van der Waals surface area contributed by atoms with Crippen LogP contribution in [-0.4, -0.2) is 165 Å². The molecular weight excluding hydrogens is 679 g/mol. The molecule has 0 radical (unpaired) electrons. The lowest BCUT2D eigenvalue weighted by molar-refractivity contribution is 0.111. The molecule has 8 saturated heterocycles. The number of nitrogens with one attached hydrogen (secondary N) is 5. The summed E-state index contributed by atoms with van der Waals surface area (Å²) in [5.74, 6) is 1.11. The molecule has 9 heteroatoms. The lowest BCUT2D eigenvalue weighted by Crippen LogP contribution is -2.41. The van der Waals surface area contributed by atoms with Crippen LogP contribution in [0.15, 0.2) is 0 Å². The van der Waals surface area contributed by atoms with Crippen molar-refractivity contribution in [1.29, 1.82) is 0 Å². The van der Waals surface area contributed by atoms with Crippen LogP contribution in [0.2, 0.25) is 0 Å². The summed E-state index contributed by atoms with van der Waals surface area (Å²) in [5, 5.41) is 15.6. The van der Waals surface area contributed by atoms with Gasteiger partial charge >= 0.3 is 0 Å². The lowest BCUT2D eigenvalue weighted by atomic mass is 9.89. The maximum atomic E-state index is 3.28. The maximum Gasteiger partial charge on any atom is 0.000733 e. The van der Waals surface area contributed by atoms with Crippen LogP contribution in [-0.2, 0) is 0 Å². The molecule has 55 heavy (non-hydrogen) atoms. The molecule has 0 atom stereocenters. The standard InChI is InChI=1S/C7H13N.C7H15N.C6H13N.2C5H11N.C4H9N.3C4H11N/c1-4-8-5-2-7(1)3-6-8;1-8-6-4-2-3-5-7-8;1-7-5-3-2-4-6-7;1-6-4-2-3-5-6;1-2-4-6-5-3-1;1-2-4-5-3-1;3*1-4(2)5-3/h7H,1-6H2;2-7H2,1H3;2-6H2,1H3;2-5H2,1H3;6H,1-5H2;5H,1-4H2;3*4-5H,1-3H3. The lowest BCUT2D eigenvalue weighted by Gasteiger charge is -2.38. The van der Waals surface area contributed by atoms with E-state index < -0.39 is 0 Å². The molecule has 0 amide bonds. The molecule has 0 unspecified atom stereocenters. The Balaban J connectivity index is 0. The van der Waals surface area contributed by atoms with Crippen LogP contribution in [0.5, 0.6) is 0 Å². The third-order valence-corrected chi connectivity index (χ3v) is 11.2. The molecule has 0 spiro atoms. The van der Waals surface area contributed by atoms with Gasteiger partial charge in [-0.1, -0.05) is 67.2 Å². The van der Waals surface area contributed by atoms with Crippen LogP contribution in [0.3, 0.4) is 0 Å². The molecule has 0 aromatic carbocycles. The van der Waals surface area contributed by atoms with Gasteiger partial charge in [0.05, 0.1) is 0 Å². The van der Waals surface area contributed by atoms with Gasteiger partial charge in [-0.25, -0.2) is 0 Å². The minimum atomic E-state index is 0.634. The highest BCUT2D eigenvalue weighted by molar-refractivity contribution is 4.78. The van der Waals surface area contributed by atoms with Gasteiger partial charge in [-0.2, -0.15) is 0 Å². The van der Waals surface area contributed by atoms with Crippen molar-refractivity contribution in [2.45, 2.75) is 169 Å². The molecule has 5 N–H and O–H groups in total. The molecule has 9 nitrogen and oxygen atoms in total. The highest BCUT2D eigenvalue weighted by atomic mass is 15.1. The third-order valence-electron chi connectivity index (χ3n) is 11.2. The minimum absolute atomic E-state index is 0.634. The minimum Gasteiger partial charge on any atom is -0.318 e. The Kier molecular flexibility index (Phi) is 44.6. The van der Waals surface area contributed by atoms with E-state index in [1.165, 1.54) is 194 Å². The molecule has 0 aromatic heterocycles. The van der Waals surface area contributed by atoms with Gasteiger partial charge in [-0.15, -0.1) is 0 Å². The van der Waals surface area contributed by atoms with Gasteiger partial charge < -0.3 is 46.2 Å². The summed E-state index contributed by atoms with van der Waals surface area (Å²) in [5.41, 5.74) is 0. The predicted octanol–water partition coefficient (Wildman–Crippen LogP) is 7.38. The topological polar surface area (TPSA) is 73.1 Å². The fourth-order valence-electron chi connectivity index (χ4n) is 6.45. The average molecular weight is 784 g/mol. The van der Waals surface area contributed by atoms with E-state index in [1.807, 2.05) is 21.1 Å². The summed E-state index contributed by atoms with van der Waals surface area (Å²) in [6.07, 6.45) is 24.3. The van der Waals surface area contributed by atoms with Crippen LogP contribution in [0.1, 0.15) is 151 Å². The first-order valence-corrected chi connectivity index (χ1v) is 23.7. The molecule has 8 fully saturated rings. The van der Waals surface area contributed by atoms with E-state index in [1.54, 1.807) is 0 Å². The van der Waals surface area contributed by atoms with Crippen molar-refractivity contribution in [3.63, 3.8) is 0 Å². The summed E-state index contributed by atoms with van der Waals surface area (Å²) < 4.78 is 0. The normalized spacial score (nSPS) is 23.6. The SMILES string of the molecule is C1CCNC1.C1CCNCC1.C1CN2CCC1CC2.CN1CCCC1.CN1CCCCC1.CN1CCCCCC1.CNC(C)C.CNC(C)C.CNC(C)C. The molecule has 0 aromatic rings. The Morgan fingerprint density at radius 3 is 0.727 bits per heavy atom. The zero-order chi connectivity index (χ0) is 41.4. The summed E-state index contributed by atoms with van der Waals surface area (Å²) in [4.78, 5) is 9.76. The van der Waals surface area contributed by atoms with Gasteiger partial charge in [-0.05, 0) is 217 Å². The average Bonchev–Trinajstić information content (AvgIpc) is 3.93. The second-order valence-corrected chi connectivity index (χ2v) is 17.8. The first-order chi connectivity index (χ1) is 26.4. The Labute approximate surface area is 347 Å². The quantitative estimate of drug-likeness (QED) is 0.202. The number of rotatable bonds is 3. The predicted molar refractivity (Wildman–Crippen MR) is 249 cm³/mol. The van der Waals surface area contributed by atoms with E-state index in [-0.39, 0.29) is 0 Å². The van der Waals surface area contributed by atoms with Crippen LogP contribution in [0, 0.1) is 5.92 Å². The summed E-state index contributed by atoms with van der Waals surface area (Å²) in [6, 6.07) is 1.90. The smallest absolute Gasteiger partial charge is 0.000733 e. The largest absolute Gasteiger partial charge is 0.318 e. The van der Waals surface area contributed by atoms with Crippen molar-refractivity contribution in [3.8, 4) is 0 Å². The highest BCUT2D eigenvalue weighted by Crippen LogP contribution is 2.26. The fourth-order valence-corrected chi connectivity index (χ4v) is 6.45. The molecule has 0 aliphatic carbocycles. The first kappa shape index (κ1) is 56.7. The fraction of sp³-hybridized carbons (Fsp3) is 1.00. The van der Waals surface area contributed by atoms with E-state index in [0.717, 1.165) is 5.92 Å². The zero-order valence-corrected chi connectivity index (χ0v) is 39.8. The second-order valence-electron chi connectivity index (χ2n) is 17.8. The number of nitrogens with zero attached hydrogens (tertiary/aromatic N) is 4. The molecule has 2 bridgehead atoms. The second kappa shape index (κ2) is 43.2. The first-order valence-electron chi connectivity index (χ1n) is 23.7. The molecule has 0 saturated carbocycles. The monoisotopic (exact) mass is 784 g/mol. The van der Waals surface area contributed by atoms with Crippen LogP contribution >= 0.6 is 0 Å². The Morgan fingerprint density at radius 1 is 0.364 bits per heavy atom. The van der Waals surface area contributed by atoms with Gasteiger partial charge in [0.1, 0.15) is 0 Å². The van der Waals surface area contributed by atoms with E-state index in [2.05, 4.69) is 109 Å². The summed E-state index contributed by atoms with van der Waals surface area (Å²) in [7, 11) is 12.4. The van der Waals surface area contributed by atoms with Crippen molar-refractivity contribution in [2.75, 3.05) is 127 Å². The van der Waals surface area contributed by atoms with E-state index >= 15 is 0 Å². The van der Waals surface area contributed by atoms with Crippen LogP contribution in [0.4, 0.5) is 0 Å². The van der Waals surface area contributed by atoms with Crippen molar-refractivity contribution in [1.82, 2.24) is 46.2 Å². The van der Waals surface area contributed by atoms with Crippen molar-refractivity contribution in [3.05, 3.63) is 0 Å². The number of piperidine rings is 5. The van der Waals surface area contributed by atoms with E-state index in [0.29, 0.717) is 18.1 Å². The van der Waals surface area contributed by atoms with Gasteiger partial charge in [0.25, 0.3) is 0 Å². The Morgan fingerprint density at radius 2 is 0.582 bits per heavy atom. The van der Waals surface area contributed by atoms with Gasteiger partial charge in [-0.3, -0.25) is 0 Å². The Bertz CT molecular complexity index is 626. The van der Waals surface area contributed by atoms with Crippen molar-refractivity contribution >= 4 is 0 Å². The summed E-state index contributed by atoms with van der Waals surface area (Å²) in [6.45, 7) is 29.8. The van der Waals surface area contributed by atoms with Crippen LogP contribution < -0.4 is 26.6 Å². The molecule has 8 aliphatic heterocycles. The third kappa shape index (κ3) is 46.2. The van der Waals surface area contributed by atoms with Crippen LogP contribution in [0.25, 0.3) is 0 Å². The van der Waals surface area contributed by atoms with E-state index in [9.17, 15) is 0 Å². The zero-order valence-electron chi connectivity index (χ0n) is 39.8.